The van der Waals surface area contributed by atoms with E-state index in [-0.39, 0.29) is 18.4 Å². The Bertz CT molecular complexity index is 691. The molecule has 0 radical (unpaired) electrons. The second-order valence-electron chi connectivity index (χ2n) is 7.73. The fourth-order valence-electron chi connectivity index (χ4n) is 3.75. The average molecular weight is 357 g/mol. The summed E-state index contributed by atoms with van der Waals surface area (Å²) in [6.07, 6.45) is 3.29. The van der Waals surface area contributed by atoms with Crippen LogP contribution in [0.4, 0.5) is 4.79 Å². The van der Waals surface area contributed by atoms with Crippen LogP contribution in [0.2, 0.25) is 0 Å². The molecule has 2 heterocycles. The van der Waals surface area contributed by atoms with Crippen LogP contribution >= 0.6 is 0 Å². The number of nitrogens with zero attached hydrogens (tertiary/aromatic N) is 2. The number of imide groups is 1. The van der Waals surface area contributed by atoms with E-state index in [1.54, 1.807) is 11.8 Å². The molecule has 4 amide bonds. The lowest BCUT2D eigenvalue weighted by Gasteiger charge is -2.31. The van der Waals surface area contributed by atoms with E-state index in [1.807, 2.05) is 30.3 Å². The van der Waals surface area contributed by atoms with Gasteiger partial charge in [0.25, 0.3) is 5.91 Å². The van der Waals surface area contributed by atoms with Crippen molar-refractivity contribution < 1.29 is 14.4 Å². The Morgan fingerprint density at radius 2 is 2.00 bits per heavy atom. The number of carbonyl (C=O) groups is 3. The van der Waals surface area contributed by atoms with Gasteiger partial charge in [-0.1, -0.05) is 37.3 Å². The zero-order chi connectivity index (χ0) is 18.7. The van der Waals surface area contributed by atoms with Gasteiger partial charge < -0.3 is 10.2 Å². The summed E-state index contributed by atoms with van der Waals surface area (Å²) in [5, 5.41) is 2.78. The maximum absolute atomic E-state index is 12.8. The normalized spacial score (nSPS) is 26.2. The van der Waals surface area contributed by atoms with E-state index >= 15 is 0 Å². The molecule has 0 aromatic heterocycles. The molecule has 1 aromatic carbocycles. The predicted molar refractivity (Wildman–Crippen MR) is 98.4 cm³/mol. The number of urea groups is 1. The van der Waals surface area contributed by atoms with Crippen molar-refractivity contribution >= 4 is 17.8 Å². The summed E-state index contributed by atoms with van der Waals surface area (Å²) in [5.74, 6) is 0.0103. The second-order valence-corrected chi connectivity index (χ2v) is 7.73. The van der Waals surface area contributed by atoms with E-state index in [9.17, 15) is 14.4 Å². The van der Waals surface area contributed by atoms with Crippen molar-refractivity contribution in [3.63, 3.8) is 0 Å². The Morgan fingerprint density at radius 1 is 1.27 bits per heavy atom. The molecule has 0 bridgehead atoms. The summed E-state index contributed by atoms with van der Waals surface area (Å²) in [4.78, 5) is 40.5. The van der Waals surface area contributed by atoms with Crippen molar-refractivity contribution in [2.75, 3.05) is 19.6 Å². The highest BCUT2D eigenvalue weighted by Gasteiger charge is 2.48. The van der Waals surface area contributed by atoms with Crippen LogP contribution in [0.3, 0.4) is 0 Å². The molecule has 0 unspecified atom stereocenters. The van der Waals surface area contributed by atoms with Crippen LogP contribution in [-0.2, 0) is 16.0 Å². The van der Waals surface area contributed by atoms with Crippen LogP contribution in [0.15, 0.2) is 30.3 Å². The highest BCUT2D eigenvalue weighted by molar-refractivity contribution is 6.08. The first kappa shape index (κ1) is 18.4. The Kier molecular flexibility index (Phi) is 5.30. The van der Waals surface area contributed by atoms with Gasteiger partial charge in [-0.05, 0) is 44.1 Å². The molecule has 1 aromatic rings. The van der Waals surface area contributed by atoms with Crippen LogP contribution < -0.4 is 5.32 Å². The number of piperidine rings is 1. The molecule has 0 saturated carbocycles. The van der Waals surface area contributed by atoms with Crippen molar-refractivity contribution in [2.24, 2.45) is 5.92 Å². The molecule has 0 aliphatic carbocycles. The monoisotopic (exact) mass is 357 g/mol. The number of likely N-dealkylation sites (tertiary alicyclic amines) is 1. The molecule has 0 spiro atoms. The van der Waals surface area contributed by atoms with Crippen LogP contribution in [-0.4, -0.2) is 52.8 Å². The third-order valence-electron chi connectivity index (χ3n) is 5.40. The largest absolute Gasteiger partial charge is 0.341 e. The van der Waals surface area contributed by atoms with Crippen molar-refractivity contribution in [1.29, 1.82) is 0 Å². The van der Waals surface area contributed by atoms with Gasteiger partial charge in [0.05, 0.1) is 0 Å². The Morgan fingerprint density at radius 3 is 2.69 bits per heavy atom. The van der Waals surface area contributed by atoms with E-state index in [1.165, 1.54) is 0 Å². The summed E-state index contributed by atoms with van der Waals surface area (Å²) < 4.78 is 0. The lowest BCUT2D eigenvalue weighted by atomic mass is 9.93. The Hall–Kier alpha value is -2.37. The van der Waals surface area contributed by atoms with E-state index < -0.39 is 11.6 Å². The fourth-order valence-corrected chi connectivity index (χ4v) is 3.75. The van der Waals surface area contributed by atoms with E-state index in [4.69, 9.17) is 0 Å². The van der Waals surface area contributed by atoms with Gasteiger partial charge in [0.2, 0.25) is 5.91 Å². The zero-order valence-corrected chi connectivity index (χ0v) is 15.5. The van der Waals surface area contributed by atoms with Gasteiger partial charge in [-0.25, -0.2) is 4.79 Å². The summed E-state index contributed by atoms with van der Waals surface area (Å²) in [7, 11) is 0. The maximum atomic E-state index is 12.8. The van der Waals surface area contributed by atoms with E-state index in [0.29, 0.717) is 31.8 Å². The average Bonchev–Trinajstić information content (AvgIpc) is 2.84. The van der Waals surface area contributed by atoms with Gasteiger partial charge >= 0.3 is 6.03 Å². The molecule has 6 heteroatoms. The highest BCUT2D eigenvalue weighted by atomic mass is 16.2. The maximum Gasteiger partial charge on any atom is 0.325 e. The molecule has 1 N–H and O–H groups in total. The Labute approximate surface area is 154 Å². The summed E-state index contributed by atoms with van der Waals surface area (Å²) in [6.45, 7) is 5.10. The zero-order valence-electron chi connectivity index (χ0n) is 15.5. The molecule has 2 atom stereocenters. The van der Waals surface area contributed by atoms with Crippen LogP contribution in [0.25, 0.3) is 0 Å². The number of hydrogen-bond acceptors (Lipinski definition) is 3. The SMILES string of the molecule is C[C@@H]1CCCN(C(=O)CN2C(=O)N[C@@](C)(CCc3ccccc3)C2=O)C1. The molecule has 140 valence electrons. The lowest BCUT2D eigenvalue weighted by molar-refractivity contribution is -0.139. The van der Waals surface area contributed by atoms with Crippen molar-refractivity contribution in [1.82, 2.24) is 15.1 Å². The van der Waals surface area contributed by atoms with Crippen molar-refractivity contribution in [3.05, 3.63) is 35.9 Å². The third-order valence-corrected chi connectivity index (χ3v) is 5.40. The number of amides is 4. The van der Waals surface area contributed by atoms with Crippen LogP contribution in [0, 0.1) is 5.92 Å². The van der Waals surface area contributed by atoms with Crippen LogP contribution in [0.1, 0.15) is 38.7 Å². The minimum Gasteiger partial charge on any atom is -0.341 e. The van der Waals surface area contributed by atoms with Gasteiger partial charge in [-0.15, -0.1) is 0 Å². The second kappa shape index (κ2) is 7.48. The van der Waals surface area contributed by atoms with Crippen LogP contribution in [0.5, 0.6) is 0 Å². The molecule has 2 aliphatic rings. The summed E-state index contributed by atoms with van der Waals surface area (Å²) >= 11 is 0. The minimum atomic E-state index is -0.956. The molecule has 3 rings (SSSR count). The van der Waals surface area contributed by atoms with Gasteiger partial charge in [-0.2, -0.15) is 0 Å². The van der Waals surface area contributed by atoms with E-state index in [2.05, 4.69) is 12.2 Å². The van der Waals surface area contributed by atoms with Gasteiger partial charge in [0.1, 0.15) is 12.1 Å². The third kappa shape index (κ3) is 3.89. The lowest BCUT2D eigenvalue weighted by Crippen LogP contribution is -2.47. The molecular formula is C20H27N3O3. The first-order valence-corrected chi connectivity index (χ1v) is 9.35. The molecular weight excluding hydrogens is 330 g/mol. The van der Waals surface area contributed by atoms with Crippen molar-refractivity contribution in [2.45, 2.75) is 45.1 Å². The van der Waals surface area contributed by atoms with Gasteiger partial charge in [-0.3, -0.25) is 14.5 Å². The summed E-state index contributed by atoms with van der Waals surface area (Å²) in [6, 6.07) is 9.40. The fraction of sp³-hybridized carbons (Fsp3) is 0.550. The first-order chi connectivity index (χ1) is 12.4. The van der Waals surface area contributed by atoms with Gasteiger partial charge in [0.15, 0.2) is 0 Å². The number of benzene rings is 1. The molecule has 26 heavy (non-hydrogen) atoms. The molecule has 2 fully saturated rings. The molecule has 6 nitrogen and oxygen atoms in total. The Balaban J connectivity index is 1.61. The molecule has 2 saturated heterocycles. The first-order valence-electron chi connectivity index (χ1n) is 9.35. The number of rotatable bonds is 5. The van der Waals surface area contributed by atoms with Crippen molar-refractivity contribution in [3.8, 4) is 0 Å². The number of nitrogens with one attached hydrogen (secondary N) is 1. The topological polar surface area (TPSA) is 69.7 Å². The standard InChI is InChI=1S/C20H27N3O3/c1-15-7-6-12-22(13-15)17(24)14-23-18(25)20(2,21-19(23)26)11-10-16-8-4-3-5-9-16/h3-5,8-9,15H,6-7,10-14H2,1-2H3,(H,21,26)/t15-,20+/m1/s1. The number of hydrogen-bond donors (Lipinski definition) is 1. The quantitative estimate of drug-likeness (QED) is 0.821. The number of carbonyl (C=O) groups excluding carboxylic acids is 3. The molecule has 2 aliphatic heterocycles. The van der Waals surface area contributed by atoms with Gasteiger partial charge in [0, 0.05) is 13.1 Å². The van der Waals surface area contributed by atoms with E-state index in [0.717, 1.165) is 23.3 Å². The summed E-state index contributed by atoms with van der Waals surface area (Å²) in [5.41, 5.74) is 0.162. The minimum absolute atomic E-state index is 0.146. The highest BCUT2D eigenvalue weighted by Crippen LogP contribution is 2.24. The number of aryl methyl sites for hydroxylation is 1. The predicted octanol–water partition coefficient (Wildman–Crippen LogP) is 2.19. The smallest absolute Gasteiger partial charge is 0.325 e.